The Morgan fingerprint density at radius 3 is 2.26 bits per heavy atom. The highest BCUT2D eigenvalue weighted by atomic mass is 15.1. The lowest BCUT2D eigenvalue weighted by Crippen LogP contribution is -2.37. The lowest BCUT2D eigenvalue weighted by atomic mass is 9.79. The highest BCUT2D eigenvalue weighted by molar-refractivity contribution is 5.28. The third kappa shape index (κ3) is 6.97. The molecule has 0 aliphatic heterocycles. The number of nitrogens with zero attached hydrogens (tertiary/aromatic N) is 1. The van der Waals surface area contributed by atoms with E-state index in [0.717, 1.165) is 25.9 Å². The molecule has 0 radical (unpaired) electrons. The molecule has 1 atom stereocenters. The van der Waals surface area contributed by atoms with Gasteiger partial charge in [0.05, 0.1) is 0 Å². The van der Waals surface area contributed by atoms with Crippen molar-refractivity contribution in [3.05, 3.63) is 36.1 Å². The van der Waals surface area contributed by atoms with Gasteiger partial charge < -0.3 is 4.90 Å². The van der Waals surface area contributed by atoms with Gasteiger partial charge in [-0.1, -0.05) is 80.2 Å². The first kappa shape index (κ1) is 20.1. The fraction of sp³-hybridized carbons (Fsp3) is 0.727. The summed E-state index contributed by atoms with van der Waals surface area (Å²) in [6.07, 6.45) is 9.40. The molecular weight excluding hydrogens is 278 g/mol. The Morgan fingerprint density at radius 1 is 1.26 bits per heavy atom. The second-order valence-electron chi connectivity index (χ2n) is 9.63. The van der Waals surface area contributed by atoms with Crippen LogP contribution in [0.25, 0.3) is 0 Å². The summed E-state index contributed by atoms with van der Waals surface area (Å²) in [5.74, 6) is 1.28. The minimum atomic E-state index is 0.216. The fourth-order valence-corrected chi connectivity index (χ4v) is 3.24. The molecule has 1 rings (SSSR count). The zero-order valence-corrected chi connectivity index (χ0v) is 16.9. The lowest BCUT2D eigenvalue weighted by molar-refractivity contribution is 0.203. The Bertz CT molecular complexity index is 459. The molecule has 1 unspecified atom stereocenters. The number of rotatable bonds is 7. The van der Waals surface area contributed by atoms with E-state index in [2.05, 4.69) is 85.1 Å². The first-order valence-electron chi connectivity index (χ1n) is 9.24. The van der Waals surface area contributed by atoms with Crippen molar-refractivity contribution in [1.29, 1.82) is 0 Å². The van der Waals surface area contributed by atoms with Gasteiger partial charge in [-0.05, 0) is 35.7 Å². The van der Waals surface area contributed by atoms with Gasteiger partial charge in [0.25, 0.3) is 0 Å². The lowest BCUT2D eigenvalue weighted by Gasteiger charge is -2.39. The molecular formula is C22H39N. The van der Waals surface area contributed by atoms with E-state index in [1.54, 1.807) is 0 Å². The third-order valence-electron chi connectivity index (χ3n) is 4.47. The van der Waals surface area contributed by atoms with E-state index in [0.29, 0.717) is 17.3 Å². The van der Waals surface area contributed by atoms with Crippen LogP contribution in [0.15, 0.2) is 36.1 Å². The van der Waals surface area contributed by atoms with Gasteiger partial charge in [0.1, 0.15) is 0 Å². The quantitative estimate of drug-likeness (QED) is 0.522. The molecule has 0 aromatic rings. The van der Waals surface area contributed by atoms with E-state index < -0.39 is 0 Å². The van der Waals surface area contributed by atoms with Gasteiger partial charge in [0.15, 0.2) is 0 Å². The maximum absolute atomic E-state index is 4.42. The van der Waals surface area contributed by atoms with Crippen LogP contribution in [0.5, 0.6) is 0 Å². The summed E-state index contributed by atoms with van der Waals surface area (Å²) in [6.45, 7) is 25.0. The molecule has 0 aromatic carbocycles. The van der Waals surface area contributed by atoms with Crippen LogP contribution in [-0.4, -0.2) is 18.0 Å². The molecule has 1 nitrogen and oxygen atoms in total. The van der Waals surface area contributed by atoms with E-state index in [-0.39, 0.29) is 5.41 Å². The van der Waals surface area contributed by atoms with Gasteiger partial charge in [-0.15, -0.1) is 0 Å². The van der Waals surface area contributed by atoms with Crippen molar-refractivity contribution < 1.29 is 0 Å². The van der Waals surface area contributed by atoms with Gasteiger partial charge >= 0.3 is 0 Å². The van der Waals surface area contributed by atoms with E-state index in [1.807, 2.05) is 0 Å². The Labute approximate surface area is 145 Å². The van der Waals surface area contributed by atoms with Crippen LogP contribution in [0.2, 0.25) is 0 Å². The largest absolute Gasteiger partial charge is 0.374 e. The molecule has 1 heteroatoms. The molecule has 132 valence electrons. The predicted octanol–water partition coefficient (Wildman–Crippen LogP) is 6.44. The van der Waals surface area contributed by atoms with Crippen molar-refractivity contribution in [3.8, 4) is 0 Å². The topological polar surface area (TPSA) is 3.24 Å². The SMILES string of the molecule is C=C(CC(C)(C)C)N(CC(C)C)CC1(C)C=CC(C(C)C)=CC1. The maximum atomic E-state index is 4.42. The van der Waals surface area contributed by atoms with E-state index in [4.69, 9.17) is 0 Å². The molecule has 0 spiro atoms. The Morgan fingerprint density at radius 2 is 1.87 bits per heavy atom. The van der Waals surface area contributed by atoms with Crippen molar-refractivity contribution in [2.75, 3.05) is 13.1 Å². The molecule has 0 saturated carbocycles. The molecule has 0 bridgehead atoms. The number of allylic oxidation sites excluding steroid dienone is 4. The van der Waals surface area contributed by atoms with Gasteiger partial charge in [-0.3, -0.25) is 0 Å². The standard InChI is InChI=1S/C22H39N/c1-17(2)15-23(19(5)14-21(6,7)8)16-22(9)12-10-20(11-13-22)18(3)4/h10-12,17-18H,5,13-16H2,1-4,6-9H3. The van der Waals surface area contributed by atoms with Crippen LogP contribution in [0.1, 0.15) is 68.2 Å². The van der Waals surface area contributed by atoms with Crippen molar-refractivity contribution >= 4 is 0 Å². The molecule has 0 aromatic heterocycles. The van der Waals surface area contributed by atoms with Crippen molar-refractivity contribution in [2.24, 2.45) is 22.7 Å². The average molecular weight is 318 g/mol. The zero-order chi connectivity index (χ0) is 17.8. The van der Waals surface area contributed by atoms with Crippen LogP contribution >= 0.6 is 0 Å². The molecule has 23 heavy (non-hydrogen) atoms. The van der Waals surface area contributed by atoms with Crippen LogP contribution < -0.4 is 0 Å². The van der Waals surface area contributed by atoms with Crippen LogP contribution in [0, 0.1) is 22.7 Å². The van der Waals surface area contributed by atoms with Crippen LogP contribution in [0.4, 0.5) is 0 Å². The maximum Gasteiger partial charge on any atom is 0.0266 e. The van der Waals surface area contributed by atoms with Crippen molar-refractivity contribution in [1.82, 2.24) is 4.90 Å². The summed E-state index contributed by atoms with van der Waals surface area (Å²) >= 11 is 0. The summed E-state index contributed by atoms with van der Waals surface area (Å²) in [6, 6.07) is 0. The monoisotopic (exact) mass is 317 g/mol. The summed E-state index contributed by atoms with van der Waals surface area (Å²) in [5.41, 5.74) is 3.28. The molecule has 0 saturated heterocycles. The highest BCUT2D eigenvalue weighted by Gasteiger charge is 2.28. The van der Waals surface area contributed by atoms with Crippen LogP contribution in [-0.2, 0) is 0 Å². The second-order valence-corrected chi connectivity index (χ2v) is 9.63. The molecule has 1 aliphatic rings. The molecule has 0 N–H and O–H groups in total. The second kappa shape index (κ2) is 7.73. The Kier molecular flexibility index (Phi) is 6.74. The van der Waals surface area contributed by atoms with E-state index in [9.17, 15) is 0 Å². The Hall–Kier alpha value is -0.980. The first-order valence-corrected chi connectivity index (χ1v) is 9.24. The summed E-state index contributed by atoms with van der Waals surface area (Å²) in [7, 11) is 0. The first-order chi connectivity index (χ1) is 10.4. The smallest absolute Gasteiger partial charge is 0.0266 e. The summed E-state index contributed by atoms with van der Waals surface area (Å²) in [4.78, 5) is 2.54. The molecule has 1 aliphatic carbocycles. The summed E-state index contributed by atoms with van der Waals surface area (Å²) in [5, 5.41) is 0. The van der Waals surface area contributed by atoms with Crippen molar-refractivity contribution in [3.63, 3.8) is 0 Å². The minimum absolute atomic E-state index is 0.216. The zero-order valence-electron chi connectivity index (χ0n) is 16.9. The predicted molar refractivity (Wildman–Crippen MR) is 104 cm³/mol. The minimum Gasteiger partial charge on any atom is -0.374 e. The number of hydrogen-bond acceptors (Lipinski definition) is 1. The van der Waals surface area contributed by atoms with Gasteiger partial charge in [-0.25, -0.2) is 0 Å². The van der Waals surface area contributed by atoms with Gasteiger partial charge in [0.2, 0.25) is 0 Å². The van der Waals surface area contributed by atoms with Gasteiger partial charge in [-0.2, -0.15) is 0 Å². The van der Waals surface area contributed by atoms with Crippen LogP contribution in [0.3, 0.4) is 0 Å². The molecule has 0 fully saturated rings. The third-order valence-corrected chi connectivity index (χ3v) is 4.47. The van der Waals surface area contributed by atoms with E-state index in [1.165, 1.54) is 11.3 Å². The molecule has 0 amide bonds. The normalized spacial score (nSPS) is 21.7. The summed E-state index contributed by atoms with van der Waals surface area (Å²) < 4.78 is 0. The van der Waals surface area contributed by atoms with Gasteiger partial charge in [0, 0.05) is 24.2 Å². The Balaban J connectivity index is 2.82. The van der Waals surface area contributed by atoms with E-state index >= 15 is 0 Å². The average Bonchev–Trinajstić information content (AvgIpc) is 2.35. The molecule has 0 heterocycles. The van der Waals surface area contributed by atoms with Crippen molar-refractivity contribution in [2.45, 2.75) is 68.2 Å². The highest BCUT2D eigenvalue weighted by Crippen LogP contribution is 2.35. The fourth-order valence-electron chi connectivity index (χ4n) is 3.24. The number of hydrogen-bond donors (Lipinski definition) is 0.